The Bertz CT molecular complexity index is 584. The van der Waals surface area contributed by atoms with E-state index in [0.29, 0.717) is 5.56 Å². The fraction of sp³-hybridized carbons (Fsp3) is 0.250. The van der Waals surface area contributed by atoms with Crippen LogP contribution in [0.1, 0.15) is 22.3 Å². The Hall–Kier alpha value is -1.96. The highest BCUT2D eigenvalue weighted by Crippen LogP contribution is 2.42. The molecule has 2 N–H and O–H groups in total. The lowest BCUT2D eigenvalue weighted by Crippen LogP contribution is -1.96. The van der Waals surface area contributed by atoms with Crippen LogP contribution in [0.3, 0.4) is 0 Å². The molecule has 2 heteroatoms. The van der Waals surface area contributed by atoms with Crippen molar-refractivity contribution >= 4 is 0 Å². The number of hydrogen-bond donors (Lipinski definition) is 2. The van der Waals surface area contributed by atoms with Gasteiger partial charge >= 0.3 is 0 Å². The predicted molar refractivity (Wildman–Crippen MR) is 74.2 cm³/mol. The Labute approximate surface area is 108 Å². The first-order valence-corrected chi connectivity index (χ1v) is 6.02. The van der Waals surface area contributed by atoms with Gasteiger partial charge in [0.05, 0.1) is 0 Å². The molecule has 0 amide bonds. The van der Waals surface area contributed by atoms with E-state index in [-0.39, 0.29) is 11.5 Å². The maximum atomic E-state index is 10.4. The third-order valence-corrected chi connectivity index (χ3v) is 3.83. The Morgan fingerprint density at radius 2 is 1.28 bits per heavy atom. The zero-order chi connectivity index (χ0) is 13.4. The topological polar surface area (TPSA) is 40.5 Å². The van der Waals surface area contributed by atoms with Gasteiger partial charge < -0.3 is 10.2 Å². The first kappa shape index (κ1) is 12.5. The van der Waals surface area contributed by atoms with Crippen molar-refractivity contribution in [3.05, 3.63) is 46.5 Å². The van der Waals surface area contributed by atoms with Crippen LogP contribution in [0.25, 0.3) is 11.1 Å². The van der Waals surface area contributed by atoms with Crippen LogP contribution in [0.5, 0.6) is 11.5 Å². The van der Waals surface area contributed by atoms with Gasteiger partial charge in [0, 0.05) is 11.1 Å². The highest BCUT2D eigenvalue weighted by molar-refractivity contribution is 5.81. The van der Waals surface area contributed by atoms with E-state index in [1.165, 1.54) is 0 Å². The predicted octanol–water partition coefficient (Wildman–Crippen LogP) is 4.00. The van der Waals surface area contributed by atoms with Gasteiger partial charge in [-0.05, 0) is 56.0 Å². The largest absolute Gasteiger partial charge is 0.507 e. The maximum absolute atomic E-state index is 10.4. The summed E-state index contributed by atoms with van der Waals surface area (Å²) in [6.07, 6.45) is 0. The average Bonchev–Trinajstić information content (AvgIpc) is 2.36. The van der Waals surface area contributed by atoms with Crippen LogP contribution in [0.15, 0.2) is 24.3 Å². The molecule has 0 fully saturated rings. The quantitative estimate of drug-likeness (QED) is 0.793. The van der Waals surface area contributed by atoms with Crippen molar-refractivity contribution in [2.75, 3.05) is 0 Å². The number of rotatable bonds is 1. The molecule has 0 saturated heterocycles. The van der Waals surface area contributed by atoms with Crippen molar-refractivity contribution in [2.24, 2.45) is 0 Å². The minimum Gasteiger partial charge on any atom is -0.507 e. The SMILES string of the molecule is Cc1c(C)c(C)c(-c2ccccc2O)c(O)c1C. The van der Waals surface area contributed by atoms with Gasteiger partial charge in [-0.2, -0.15) is 0 Å². The smallest absolute Gasteiger partial charge is 0.126 e. The number of aromatic hydroxyl groups is 2. The Balaban J connectivity index is 2.85. The molecule has 0 atom stereocenters. The second-order valence-corrected chi connectivity index (χ2v) is 4.74. The summed E-state index contributed by atoms with van der Waals surface area (Å²) >= 11 is 0. The van der Waals surface area contributed by atoms with E-state index in [1.54, 1.807) is 12.1 Å². The molecular formula is C16H18O2. The summed E-state index contributed by atoms with van der Waals surface area (Å²) in [4.78, 5) is 0. The zero-order valence-electron chi connectivity index (χ0n) is 11.2. The zero-order valence-corrected chi connectivity index (χ0v) is 11.2. The summed E-state index contributed by atoms with van der Waals surface area (Å²) in [7, 11) is 0. The minimum atomic E-state index is 0.193. The van der Waals surface area contributed by atoms with Gasteiger partial charge in [0.25, 0.3) is 0 Å². The molecule has 2 aromatic carbocycles. The van der Waals surface area contributed by atoms with Gasteiger partial charge in [-0.15, -0.1) is 0 Å². The minimum absolute atomic E-state index is 0.193. The summed E-state index contributed by atoms with van der Waals surface area (Å²) in [6, 6.07) is 7.10. The summed E-state index contributed by atoms with van der Waals surface area (Å²) in [5, 5.41) is 20.3. The summed E-state index contributed by atoms with van der Waals surface area (Å²) in [5.74, 6) is 0.454. The number of para-hydroxylation sites is 1. The Morgan fingerprint density at radius 1 is 0.722 bits per heavy atom. The van der Waals surface area contributed by atoms with Crippen LogP contribution in [0, 0.1) is 27.7 Å². The van der Waals surface area contributed by atoms with Gasteiger partial charge in [-0.1, -0.05) is 18.2 Å². The third-order valence-electron chi connectivity index (χ3n) is 3.83. The molecule has 0 spiro atoms. The molecule has 0 heterocycles. The van der Waals surface area contributed by atoms with Gasteiger partial charge in [-0.25, -0.2) is 0 Å². The summed E-state index contributed by atoms with van der Waals surface area (Å²) in [5.41, 5.74) is 5.55. The van der Waals surface area contributed by atoms with E-state index in [1.807, 2.05) is 39.8 Å². The molecule has 0 radical (unpaired) electrons. The molecule has 0 aliphatic carbocycles. The van der Waals surface area contributed by atoms with Crippen molar-refractivity contribution in [1.29, 1.82) is 0 Å². The summed E-state index contributed by atoms with van der Waals surface area (Å²) in [6.45, 7) is 7.93. The molecule has 18 heavy (non-hydrogen) atoms. The van der Waals surface area contributed by atoms with Crippen molar-refractivity contribution in [1.82, 2.24) is 0 Å². The number of benzene rings is 2. The molecule has 2 rings (SSSR count). The second-order valence-electron chi connectivity index (χ2n) is 4.74. The van der Waals surface area contributed by atoms with E-state index >= 15 is 0 Å². The highest BCUT2D eigenvalue weighted by atomic mass is 16.3. The van der Waals surface area contributed by atoms with E-state index in [2.05, 4.69) is 0 Å². The van der Waals surface area contributed by atoms with Crippen LogP contribution in [-0.4, -0.2) is 10.2 Å². The van der Waals surface area contributed by atoms with Crippen LogP contribution >= 0.6 is 0 Å². The van der Waals surface area contributed by atoms with Crippen LogP contribution in [0.4, 0.5) is 0 Å². The normalized spacial score (nSPS) is 10.7. The maximum Gasteiger partial charge on any atom is 0.126 e. The fourth-order valence-corrected chi connectivity index (χ4v) is 2.31. The molecule has 0 unspecified atom stereocenters. The van der Waals surface area contributed by atoms with Gasteiger partial charge in [0.1, 0.15) is 11.5 Å². The van der Waals surface area contributed by atoms with Gasteiger partial charge in [0.2, 0.25) is 0 Å². The first-order chi connectivity index (χ1) is 8.45. The number of hydrogen-bond acceptors (Lipinski definition) is 2. The molecular weight excluding hydrogens is 224 g/mol. The first-order valence-electron chi connectivity index (χ1n) is 6.02. The monoisotopic (exact) mass is 242 g/mol. The fourth-order valence-electron chi connectivity index (χ4n) is 2.31. The summed E-state index contributed by atoms with van der Waals surface area (Å²) < 4.78 is 0. The molecule has 0 bridgehead atoms. The standard InChI is InChI=1S/C16H18O2/c1-9-10(2)12(4)16(18)15(11(9)3)13-7-5-6-8-14(13)17/h5-8,17-18H,1-4H3. The van der Waals surface area contributed by atoms with Crippen molar-refractivity contribution in [3.63, 3.8) is 0 Å². The van der Waals surface area contributed by atoms with Crippen molar-refractivity contribution in [2.45, 2.75) is 27.7 Å². The third kappa shape index (κ3) is 1.74. The van der Waals surface area contributed by atoms with Gasteiger partial charge in [0.15, 0.2) is 0 Å². The molecule has 94 valence electrons. The molecule has 0 saturated carbocycles. The average molecular weight is 242 g/mol. The van der Waals surface area contributed by atoms with E-state index < -0.39 is 0 Å². The van der Waals surface area contributed by atoms with Crippen LogP contribution in [0.2, 0.25) is 0 Å². The van der Waals surface area contributed by atoms with E-state index in [9.17, 15) is 10.2 Å². The van der Waals surface area contributed by atoms with E-state index in [0.717, 1.165) is 27.8 Å². The second kappa shape index (κ2) is 4.37. The van der Waals surface area contributed by atoms with Gasteiger partial charge in [-0.3, -0.25) is 0 Å². The number of phenolic OH excluding ortho intramolecular Hbond substituents is 2. The number of phenols is 2. The van der Waals surface area contributed by atoms with Crippen molar-refractivity contribution in [3.8, 4) is 22.6 Å². The van der Waals surface area contributed by atoms with Crippen molar-refractivity contribution < 1.29 is 10.2 Å². The molecule has 0 aromatic heterocycles. The molecule has 2 nitrogen and oxygen atoms in total. The Kier molecular flexibility index (Phi) is 3.04. The lowest BCUT2D eigenvalue weighted by atomic mass is 9.89. The molecule has 2 aromatic rings. The van der Waals surface area contributed by atoms with E-state index in [4.69, 9.17) is 0 Å². The van der Waals surface area contributed by atoms with Crippen LogP contribution < -0.4 is 0 Å². The molecule has 0 aliphatic heterocycles. The lowest BCUT2D eigenvalue weighted by molar-refractivity contribution is 0.466. The molecule has 0 aliphatic rings. The lowest BCUT2D eigenvalue weighted by Gasteiger charge is -2.18. The highest BCUT2D eigenvalue weighted by Gasteiger charge is 2.17. The van der Waals surface area contributed by atoms with Crippen LogP contribution in [-0.2, 0) is 0 Å². The Morgan fingerprint density at radius 3 is 1.89 bits per heavy atom.